The molecule has 1 fully saturated rings. The molecule has 1 saturated heterocycles. The number of carboxylic acids is 1. The lowest BCUT2D eigenvalue weighted by Gasteiger charge is -2.29. The summed E-state index contributed by atoms with van der Waals surface area (Å²) in [6.07, 6.45) is 3.51. The molecule has 7 atom stereocenters. The van der Waals surface area contributed by atoms with Crippen LogP contribution in [-0.4, -0.2) is 136 Å². The average Bonchev–Trinajstić information content (AvgIpc) is 3.67. The molecule has 18 nitrogen and oxygen atoms in total. The molecule has 0 bridgehead atoms. The Balaban J connectivity index is 2.38. The number of aliphatic carboxylic acids is 1. The third kappa shape index (κ3) is 17.5. The maximum atomic E-state index is 14.2. The number of nitrogens with two attached hydrogens (primary N) is 2. The second-order valence-corrected chi connectivity index (χ2v) is 16.7. The van der Waals surface area contributed by atoms with Gasteiger partial charge in [0.05, 0.1) is 18.4 Å². The van der Waals surface area contributed by atoms with Crippen molar-refractivity contribution in [2.45, 2.75) is 128 Å². The van der Waals surface area contributed by atoms with Crippen LogP contribution < -0.4 is 38.1 Å². The second-order valence-electron chi connectivity index (χ2n) is 15.7. The molecule has 1 aliphatic heterocycles. The minimum atomic E-state index is -1.83. The van der Waals surface area contributed by atoms with Crippen LogP contribution in [-0.2, 0) is 40.0 Å². The molecule has 0 aromatic heterocycles. The quantitative estimate of drug-likeness (QED) is 0.0398. The zero-order valence-electron chi connectivity index (χ0n) is 34.9. The molecule has 0 aliphatic carbocycles. The first-order chi connectivity index (χ1) is 27.9. The number of unbranched alkanes of at least 4 members (excludes halogenated alkanes) is 1. The van der Waals surface area contributed by atoms with E-state index in [1.54, 1.807) is 44.2 Å². The first-order valence-corrected chi connectivity index (χ1v) is 21.7. The first-order valence-electron chi connectivity index (χ1n) is 20.3. The van der Waals surface area contributed by atoms with Crippen LogP contribution in [0.2, 0.25) is 0 Å². The molecule has 1 unspecified atom stereocenters. The molecule has 0 saturated carbocycles. The summed E-state index contributed by atoms with van der Waals surface area (Å²) < 4.78 is 0. The summed E-state index contributed by atoms with van der Waals surface area (Å²) in [6, 6.07) is 1.98. The van der Waals surface area contributed by atoms with Crippen molar-refractivity contribution < 1.29 is 48.7 Å². The summed E-state index contributed by atoms with van der Waals surface area (Å²) in [5.41, 5.74) is 12.3. The van der Waals surface area contributed by atoms with E-state index in [4.69, 9.17) is 16.6 Å². The molecule has 0 radical (unpaired) electrons. The minimum Gasteiger partial charge on any atom is -0.481 e. The molecule has 6 amide bonds. The van der Waals surface area contributed by atoms with E-state index in [1.165, 1.54) is 16.7 Å². The van der Waals surface area contributed by atoms with Gasteiger partial charge in [-0.1, -0.05) is 58.0 Å². The summed E-state index contributed by atoms with van der Waals surface area (Å²) in [6.45, 7) is 7.67. The molecule has 0 spiro atoms. The molecule has 12 N–H and O–H groups in total. The lowest BCUT2D eigenvalue weighted by atomic mass is 9.73. The number of carbonyl (C=O) groups excluding carboxylic acids is 6. The summed E-state index contributed by atoms with van der Waals surface area (Å²) in [5.74, 6) is -6.13. The van der Waals surface area contributed by atoms with Gasteiger partial charge in [-0.05, 0) is 80.9 Å². The fourth-order valence-electron chi connectivity index (χ4n) is 6.75. The van der Waals surface area contributed by atoms with Crippen LogP contribution in [0.15, 0.2) is 30.3 Å². The van der Waals surface area contributed by atoms with Gasteiger partial charge in [0.2, 0.25) is 35.4 Å². The van der Waals surface area contributed by atoms with Gasteiger partial charge < -0.3 is 58.1 Å². The van der Waals surface area contributed by atoms with Gasteiger partial charge in [0.15, 0.2) is 0 Å². The molecular weight excluding hydrogens is 783 g/mol. The second kappa shape index (κ2) is 26.1. The van der Waals surface area contributed by atoms with Crippen molar-refractivity contribution in [1.82, 2.24) is 31.5 Å². The standard InChI is InChI=1S/C39H65BN8O10S/c1-23(2)20-29(37(54)47-33(24(3)4)40(57)58)45-34(51)27(14-9-10-17-41)43-36(53)30(21-25-12-7-6-8-13-25)46-35(52)28(16-19-59-5)44-38(55)31-15-11-18-48(31)39(56)26(42)22-32(49)50/h6-8,12-13,23-24,26-31,33,57-58H,9-11,14-22,41-42H2,1-5H3,(H,43,53)(H,44,55)(H,45,51)(H,46,52)(H,47,54)(H,49,50)/t26-,27-,28-,29-,30-,31-,33?/m0/s1. The van der Waals surface area contributed by atoms with E-state index in [0.717, 1.165) is 0 Å². The number of rotatable bonds is 26. The Kier molecular flexibility index (Phi) is 22.5. The maximum absolute atomic E-state index is 14.2. The van der Waals surface area contributed by atoms with E-state index in [0.29, 0.717) is 37.1 Å². The Bertz CT molecular complexity index is 1530. The van der Waals surface area contributed by atoms with E-state index in [9.17, 15) is 43.6 Å². The molecule has 2 rings (SSSR count). The van der Waals surface area contributed by atoms with Crippen molar-refractivity contribution >= 4 is 60.3 Å². The number of carbonyl (C=O) groups is 7. The van der Waals surface area contributed by atoms with Crippen LogP contribution in [0.1, 0.15) is 84.6 Å². The van der Waals surface area contributed by atoms with E-state index in [1.807, 2.05) is 20.1 Å². The molecule has 59 heavy (non-hydrogen) atoms. The first kappa shape index (κ1) is 50.9. The smallest absolute Gasteiger partial charge is 0.475 e. The molecular formula is C39H65BN8O10S. The van der Waals surface area contributed by atoms with Crippen LogP contribution >= 0.6 is 11.8 Å². The van der Waals surface area contributed by atoms with Crippen molar-refractivity contribution in [2.75, 3.05) is 25.1 Å². The number of amides is 6. The number of thioether (sulfide) groups is 1. The monoisotopic (exact) mass is 848 g/mol. The zero-order valence-corrected chi connectivity index (χ0v) is 35.7. The van der Waals surface area contributed by atoms with Gasteiger partial charge in [0.1, 0.15) is 30.2 Å². The lowest BCUT2D eigenvalue weighted by Crippen LogP contribution is -2.60. The van der Waals surface area contributed by atoms with Gasteiger partial charge in [-0.25, -0.2) is 0 Å². The average molecular weight is 849 g/mol. The predicted molar refractivity (Wildman–Crippen MR) is 225 cm³/mol. The highest BCUT2D eigenvalue weighted by molar-refractivity contribution is 7.98. The van der Waals surface area contributed by atoms with Gasteiger partial charge >= 0.3 is 13.1 Å². The Labute approximate surface area is 351 Å². The summed E-state index contributed by atoms with van der Waals surface area (Å²) in [5, 5.41) is 42.5. The molecule has 330 valence electrons. The fraction of sp³-hybridized carbons (Fsp3) is 0.667. The number of benzene rings is 1. The van der Waals surface area contributed by atoms with E-state index in [-0.39, 0.29) is 50.5 Å². The normalized spacial score (nSPS) is 16.9. The third-order valence-corrected chi connectivity index (χ3v) is 10.6. The number of carboxylic acid groups (broad SMARTS) is 1. The van der Waals surface area contributed by atoms with Gasteiger partial charge in [-0.15, -0.1) is 0 Å². The molecule has 1 aromatic carbocycles. The zero-order chi connectivity index (χ0) is 44.2. The molecule has 20 heteroatoms. The van der Waals surface area contributed by atoms with Gasteiger partial charge in [0, 0.05) is 13.0 Å². The predicted octanol–water partition coefficient (Wildman–Crippen LogP) is -0.958. The van der Waals surface area contributed by atoms with Gasteiger partial charge in [-0.2, -0.15) is 11.8 Å². The highest BCUT2D eigenvalue weighted by Gasteiger charge is 2.39. The Morgan fingerprint density at radius 1 is 0.831 bits per heavy atom. The Morgan fingerprint density at radius 3 is 1.97 bits per heavy atom. The van der Waals surface area contributed by atoms with Crippen molar-refractivity contribution in [1.29, 1.82) is 0 Å². The highest BCUT2D eigenvalue weighted by atomic mass is 32.2. The van der Waals surface area contributed by atoms with Crippen molar-refractivity contribution in [3.05, 3.63) is 35.9 Å². The van der Waals surface area contributed by atoms with Crippen molar-refractivity contribution in [3.63, 3.8) is 0 Å². The number of nitrogens with one attached hydrogen (secondary N) is 5. The number of hydrogen-bond acceptors (Lipinski definition) is 12. The number of likely N-dealkylation sites (tertiary alicyclic amines) is 1. The van der Waals surface area contributed by atoms with Gasteiger partial charge in [-0.3, -0.25) is 33.6 Å². The Hall–Kier alpha value is -4.24. The lowest BCUT2D eigenvalue weighted by molar-refractivity contribution is -0.144. The van der Waals surface area contributed by atoms with Crippen LogP contribution in [0.3, 0.4) is 0 Å². The molecule has 1 aromatic rings. The van der Waals surface area contributed by atoms with Crippen molar-refractivity contribution in [2.24, 2.45) is 23.3 Å². The third-order valence-electron chi connectivity index (χ3n) is 9.98. The largest absolute Gasteiger partial charge is 0.481 e. The highest BCUT2D eigenvalue weighted by Crippen LogP contribution is 2.20. The maximum Gasteiger partial charge on any atom is 0.475 e. The van der Waals surface area contributed by atoms with Crippen LogP contribution in [0.25, 0.3) is 0 Å². The van der Waals surface area contributed by atoms with E-state index < -0.39 is 97.1 Å². The molecule has 1 heterocycles. The fourth-order valence-corrected chi connectivity index (χ4v) is 7.23. The van der Waals surface area contributed by atoms with Crippen LogP contribution in [0.5, 0.6) is 0 Å². The van der Waals surface area contributed by atoms with Crippen LogP contribution in [0, 0.1) is 11.8 Å². The molecule has 1 aliphatic rings. The van der Waals surface area contributed by atoms with Crippen molar-refractivity contribution in [3.8, 4) is 0 Å². The topological polar surface area (TPSA) is 296 Å². The van der Waals surface area contributed by atoms with Gasteiger partial charge in [0.25, 0.3) is 0 Å². The minimum absolute atomic E-state index is 0.0174. The number of hydrogen-bond donors (Lipinski definition) is 10. The summed E-state index contributed by atoms with van der Waals surface area (Å²) >= 11 is 1.43. The SMILES string of the molecule is CSCC[C@H](NC(=O)[C@@H]1CCCN1C(=O)[C@@H](N)CC(=O)O)C(=O)N[C@@H](Cc1ccccc1)C(=O)N[C@@H](CCCCN)C(=O)N[C@@H](CC(C)C)C(=O)NC(B(O)O)C(C)C. The number of nitrogens with zero attached hydrogens (tertiary/aromatic N) is 1. The van der Waals surface area contributed by atoms with Crippen LogP contribution in [0.4, 0.5) is 0 Å². The summed E-state index contributed by atoms with van der Waals surface area (Å²) in [7, 11) is -1.83. The van der Waals surface area contributed by atoms with E-state index >= 15 is 0 Å². The Morgan fingerprint density at radius 2 is 1.41 bits per heavy atom. The summed E-state index contributed by atoms with van der Waals surface area (Å²) in [4.78, 5) is 94.6. The van der Waals surface area contributed by atoms with E-state index in [2.05, 4.69) is 26.6 Å².